The summed E-state index contributed by atoms with van der Waals surface area (Å²) in [7, 11) is 0. The Bertz CT molecular complexity index is 289. The van der Waals surface area contributed by atoms with Crippen molar-refractivity contribution in [3.63, 3.8) is 0 Å². The van der Waals surface area contributed by atoms with E-state index in [9.17, 15) is 9.59 Å². The molecular formula is C11H17NO3S. The summed E-state index contributed by atoms with van der Waals surface area (Å²) >= 11 is 1.79. The maximum absolute atomic E-state index is 12.2. The van der Waals surface area contributed by atoms with Gasteiger partial charge in [0.05, 0.1) is 0 Å². The molecule has 2 saturated heterocycles. The van der Waals surface area contributed by atoms with Crippen LogP contribution in [0.2, 0.25) is 0 Å². The lowest BCUT2D eigenvalue weighted by Crippen LogP contribution is -2.50. The van der Waals surface area contributed by atoms with E-state index in [0.717, 1.165) is 30.8 Å². The van der Waals surface area contributed by atoms with Gasteiger partial charge in [-0.3, -0.25) is 4.79 Å². The van der Waals surface area contributed by atoms with E-state index in [1.807, 2.05) is 0 Å². The third-order valence-corrected chi connectivity index (χ3v) is 4.51. The summed E-state index contributed by atoms with van der Waals surface area (Å²) in [5, 5.41) is 9.10. The molecule has 0 bridgehead atoms. The van der Waals surface area contributed by atoms with Gasteiger partial charge in [0.15, 0.2) is 0 Å². The third-order valence-electron chi connectivity index (χ3n) is 3.35. The third kappa shape index (κ3) is 2.34. The van der Waals surface area contributed by atoms with Crippen LogP contribution in [0.3, 0.4) is 0 Å². The lowest BCUT2D eigenvalue weighted by Gasteiger charge is -2.34. The fourth-order valence-corrected chi connectivity index (χ4v) is 3.63. The molecule has 0 aliphatic carbocycles. The number of amides is 1. The second kappa shape index (κ2) is 5.08. The molecule has 1 unspecified atom stereocenters. The van der Waals surface area contributed by atoms with Crippen LogP contribution in [0, 0.1) is 5.92 Å². The molecule has 0 saturated carbocycles. The van der Waals surface area contributed by atoms with E-state index in [1.165, 1.54) is 0 Å². The van der Waals surface area contributed by atoms with Gasteiger partial charge in [0.1, 0.15) is 6.04 Å². The fraction of sp³-hybridized carbons (Fsp3) is 0.818. The molecule has 1 amide bonds. The van der Waals surface area contributed by atoms with Gasteiger partial charge >= 0.3 is 5.97 Å². The molecule has 1 N–H and O–H groups in total. The molecule has 4 nitrogen and oxygen atoms in total. The van der Waals surface area contributed by atoms with E-state index in [2.05, 4.69) is 0 Å². The van der Waals surface area contributed by atoms with Gasteiger partial charge in [0.2, 0.25) is 5.91 Å². The first-order valence-electron chi connectivity index (χ1n) is 5.81. The number of carboxylic acid groups (broad SMARTS) is 1. The number of nitrogens with zero attached hydrogens (tertiary/aromatic N) is 1. The van der Waals surface area contributed by atoms with Gasteiger partial charge in [-0.1, -0.05) is 0 Å². The quantitative estimate of drug-likeness (QED) is 0.792. The van der Waals surface area contributed by atoms with Crippen molar-refractivity contribution < 1.29 is 14.7 Å². The largest absolute Gasteiger partial charge is 0.480 e. The van der Waals surface area contributed by atoms with Crippen molar-refractivity contribution in [3.8, 4) is 0 Å². The highest BCUT2D eigenvalue weighted by Gasteiger charge is 2.36. The van der Waals surface area contributed by atoms with Crippen molar-refractivity contribution in [2.45, 2.75) is 31.7 Å². The lowest BCUT2D eigenvalue weighted by molar-refractivity contribution is -0.153. The number of rotatable bonds is 2. The number of carbonyl (C=O) groups excluding carboxylic acids is 1. The highest BCUT2D eigenvalue weighted by Crippen LogP contribution is 2.28. The minimum atomic E-state index is -0.848. The van der Waals surface area contributed by atoms with Crippen LogP contribution in [0.15, 0.2) is 0 Å². The van der Waals surface area contributed by atoms with Crippen molar-refractivity contribution in [1.29, 1.82) is 0 Å². The minimum Gasteiger partial charge on any atom is -0.480 e. The molecule has 2 atom stereocenters. The summed E-state index contributed by atoms with van der Waals surface area (Å²) in [6, 6.07) is -0.577. The fourth-order valence-electron chi connectivity index (χ4n) is 2.42. The number of aliphatic carboxylic acids is 1. The maximum Gasteiger partial charge on any atom is 0.326 e. The first kappa shape index (κ1) is 11.8. The van der Waals surface area contributed by atoms with Gasteiger partial charge in [0, 0.05) is 18.2 Å². The highest BCUT2D eigenvalue weighted by atomic mass is 32.2. The average Bonchev–Trinajstić information content (AvgIpc) is 2.81. The summed E-state index contributed by atoms with van der Waals surface area (Å²) in [5.41, 5.74) is 0. The Hall–Kier alpha value is -0.710. The molecule has 5 heteroatoms. The van der Waals surface area contributed by atoms with Crippen molar-refractivity contribution in [1.82, 2.24) is 4.90 Å². The zero-order valence-corrected chi connectivity index (χ0v) is 10.0. The normalized spacial score (nSPS) is 30.4. The van der Waals surface area contributed by atoms with Gasteiger partial charge in [-0.05, 0) is 31.4 Å². The van der Waals surface area contributed by atoms with Crippen molar-refractivity contribution in [2.24, 2.45) is 5.92 Å². The van der Waals surface area contributed by atoms with Crippen LogP contribution >= 0.6 is 11.8 Å². The smallest absolute Gasteiger partial charge is 0.326 e. The molecular weight excluding hydrogens is 226 g/mol. The Kier molecular flexibility index (Phi) is 3.74. The predicted octanol–water partition coefficient (Wildman–Crippen LogP) is 1.21. The molecule has 0 spiro atoms. The van der Waals surface area contributed by atoms with Gasteiger partial charge in [-0.15, -0.1) is 0 Å². The molecule has 2 aliphatic heterocycles. The second-order valence-corrected chi connectivity index (χ2v) is 5.59. The Morgan fingerprint density at radius 3 is 2.69 bits per heavy atom. The van der Waals surface area contributed by atoms with Crippen LogP contribution in [0.25, 0.3) is 0 Å². The molecule has 0 radical (unpaired) electrons. The van der Waals surface area contributed by atoms with Crippen molar-refractivity contribution in [2.75, 3.05) is 18.1 Å². The maximum atomic E-state index is 12.2. The zero-order chi connectivity index (χ0) is 11.5. The monoisotopic (exact) mass is 243 g/mol. The van der Waals surface area contributed by atoms with E-state index >= 15 is 0 Å². The Morgan fingerprint density at radius 1 is 1.25 bits per heavy atom. The predicted molar refractivity (Wildman–Crippen MR) is 62.4 cm³/mol. The summed E-state index contributed by atoms with van der Waals surface area (Å²) in [5.74, 6) is 1.17. The Labute approximate surface area is 99.4 Å². The molecule has 0 aromatic rings. The van der Waals surface area contributed by atoms with E-state index in [-0.39, 0.29) is 11.8 Å². The second-order valence-electron chi connectivity index (χ2n) is 4.44. The number of likely N-dealkylation sites (tertiary alicyclic amines) is 1. The van der Waals surface area contributed by atoms with Crippen LogP contribution < -0.4 is 0 Å². The van der Waals surface area contributed by atoms with Crippen molar-refractivity contribution in [3.05, 3.63) is 0 Å². The van der Waals surface area contributed by atoms with Crippen molar-refractivity contribution >= 4 is 23.6 Å². The minimum absolute atomic E-state index is 0.0601. The molecule has 2 heterocycles. The van der Waals surface area contributed by atoms with E-state index in [1.54, 1.807) is 16.7 Å². The Morgan fingerprint density at radius 2 is 2.06 bits per heavy atom. The van der Waals surface area contributed by atoms with Crippen LogP contribution in [0.4, 0.5) is 0 Å². The number of carbonyl (C=O) groups is 2. The summed E-state index contributed by atoms with van der Waals surface area (Å²) in [6.07, 6.45) is 3.38. The van der Waals surface area contributed by atoms with Gasteiger partial charge < -0.3 is 10.0 Å². The molecule has 16 heavy (non-hydrogen) atoms. The van der Waals surface area contributed by atoms with Gasteiger partial charge in [0.25, 0.3) is 0 Å². The average molecular weight is 243 g/mol. The molecule has 0 aromatic heterocycles. The first-order valence-corrected chi connectivity index (χ1v) is 6.96. The molecule has 90 valence electrons. The standard InChI is InChI=1S/C11H17NO3S/c13-10(8-4-6-16-7-8)12-5-2-1-3-9(12)11(14)15/h8-9H,1-7H2,(H,14,15)/t8?,9-/m0/s1. The number of hydrogen-bond acceptors (Lipinski definition) is 3. The Balaban J connectivity index is 2.04. The zero-order valence-electron chi connectivity index (χ0n) is 9.22. The van der Waals surface area contributed by atoms with Crippen LogP contribution in [0.5, 0.6) is 0 Å². The SMILES string of the molecule is O=C(O)[C@@H]1CCCCN1C(=O)C1CCSC1. The molecule has 2 fully saturated rings. The number of thioether (sulfide) groups is 1. The molecule has 2 rings (SSSR count). The first-order chi connectivity index (χ1) is 7.70. The topological polar surface area (TPSA) is 57.6 Å². The summed E-state index contributed by atoms with van der Waals surface area (Å²) in [6.45, 7) is 0.622. The van der Waals surface area contributed by atoms with E-state index < -0.39 is 12.0 Å². The van der Waals surface area contributed by atoms with E-state index in [0.29, 0.717) is 13.0 Å². The number of hydrogen-bond donors (Lipinski definition) is 1. The number of piperidine rings is 1. The van der Waals surface area contributed by atoms with E-state index in [4.69, 9.17) is 5.11 Å². The van der Waals surface area contributed by atoms with Crippen LogP contribution in [-0.2, 0) is 9.59 Å². The molecule has 0 aromatic carbocycles. The van der Waals surface area contributed by atoms with Gasteiger partial charge in [-0.25, -0.2) is 4.79 Å². The van der Waals surface area contributed by atoms with Crippen LogP contribution in [0.1, 0.15) is 25.7 Å². The summed E-state index contributed by atoms with van der Waals surface area (Å²) < 4.78 is 0. The number of carboxylic acids is 1. The lowest BCUT2D eigenvalue weighted by atomic mass is 9.99. The van der Waals surface area contributed by atoms with Crippen LogP contribution in [-0.4, -0.2) is 46.0 Å². The summed E-state index contributed by atoms with van der Waals surface area (Å²) in [4.78, 5) is 24.8. The van der Waals surface area contributed by atoms with Gasteiger partial charge in [-0.2, -0.15) is 11.8 Å². The highest BCUT2D eigenvalue weighted by molar-refractivity contribution is 7.99. The molecule has 2 aliphatic rings.